The van der Waals surface area contributed by atoms with Crippen LogP contribution < -0.4 is 5.32 Å². The maximum Gasteiger partial charge on any atom is 0.269 e. The van der Waals surface area contributed by atoms with Gasteiger partial charge in [-0.2, -0.15) is 0 Å². The fraction of sp³-hybridized carbons (Fsp3) is 0.625. The molecule has 1 aromatic rings. The summed E-state index contributed by atoms with van der Waals surface area (Å²) in [7, 11) is 0. The minimum Gasteiger partial charge on any atom is -0.313 e. The molecule has 1 aliphatic rings. The highest BCUT2D eigenvalue weighted by molar-refractivity contribution is 5.34. The van der Waals surface area contributed by atoms with Crippen LogP contribution in [0.4, 0.5) is 5.69 Å². The number of benzene rings is 1. The van der Waals surface area contributed by atoms with Gasteiger partial charge in [0, 0.05) is 37.3 Å². The summed E-state index contributed by atoms with van der Waals surface area (Å²) in [4.78, 5) is 13.0. The molecule has 1 atom stereocenters. The van der Waals surface area contributed by atoms with Gasteiger partial charge in [-0.3, -0.25) is 15.0 Å². The molecule has 1 N–H and O–H groups in total. The van der Waals surface area contributed by atoms with Crippen molar-refractivity contribution < 1.29 is 4.92 Å². The van der Waals surface area contributed by atoms with Gasteiger partial charge in [0.2, 0.25) is 0 Å². The maximum absolute atomic E-state index is 10.9. The Balaban J connectivity index is 2.01. The van der Waals surface area contributed by atoms with Crippen molar-refractivity contribution in [1.29, 1.82) is 0 Å². The molecule has 0 aliphatic carbocycles. The van der Waals surface area contributed by atoms with E-state index < -0.39 is 0 Å². The highest BCUT2D eigenvalue weighted by Crippen LogP contribution is 2.21. The lowest BCUT2D eigenvalue weighted by molar-refractivity contribution is -0.384. The molecule has 1 unspecified atom stereocenters. The lowest BCUT2D eigenvalue weighted by atomic mass is 10.0. The first-order valence-electron chi connectivity index (χ1n) is 7.77. The topological polar surface area (TPSA) is 58.4 Å². The zero-order chi connectivity index (χ0) is 15.2. The van der Waals surface area contributed by atoms with E-state index >= 15 is 0 Å². The molecule has 1 fully saturated rings. The van der Waals surface area contributed by atoms with Gasteiger partial charge < -0.3 is 5.32 Å². The summed E-state index contributed by atoms with van der Waals surface area (Å²) in [6.45, 7) is 7.19. The van der Waals surface area contributed by atoms with Crippen LogP contribution in [0.15, 0.2) is 24.3 Å². The smallest absolute Gasteiger partial charge is 0.269 e. The van der Waals surface area contributed by atoms with Crippen molar-refractivity contribution in [1.82, 2.24) is 10.2 Å². The van der Waals surface area contributed by atoms with Gasteiger partial charge in [-0.05, 0) is 24.9 Å². The Bertz CT molecular complexity index is 476. The first-order chi connectivity index (χ1) is 10.1. The van der Waals surface area contributed by atoms with E-state index in [-0.39, 0.29) is 10.6 Å². The Kier molecular flexibility index (Phi) is 5.70. The fourth-order valence-electron chi connectivity index (χ4n) is 2.87. The van der Waals surface area contributed by atoms with Gasteiger partial charge in [0.05, 0.1) is 4.92 Å². The molecule has 1 saturated heterocycles. The Labute approximate surface area is 126 Å². The number of nitrogens with one attached hydrogen (secondary N) is 1. The van der Waals surface area contributed by atoms with Crippen LogP contribution in [0.5, 0.6) is 0 Å². The second-order valence-electron chi connectivity index (χ2n) is 6.11. The second-order valence-corrected chi connectivity index (χ2v) is 6.11. The number of non-ortho nitro benzene ring substituents is 1. The third-order valence-corrected chi connectivity index (χ3v) is 4.02. The molecule has 0 radical (unpaired) electrons. The molecule has 0 saturated carbocycles. The molecule has 5 nitrogen and oxygen atoms in total. The summed E-state index contributed by atoms with van der Waals surface area (Å²) in [5, 5.41) is 14.4. The van der Waals surface area contributed by atoms with Crippen LogP contribution in [-0.4, -0.2) is 35.0 Å². The molecule has 1 heterocycles. The predicted octanol–water partition coefficient (Wildman–Crippen LogP) is 2.95. The van der Waals surface area contributed by atoms with Crippen molar-refractivity contribution in [3.63, 3.8) is 0 Å². The van der Waals surface area contributed by atoms with Gasteiger partial charge in [-0.1, -0.05) is 32.4 Å². The molecular weight excluding hydrogens is 266 g/mol. The zero-order valence-electron chi connectivity index (χ0n) is 12.9. The average Bonchev–Trinajstić information content (AvgIpc) is 2.46. The second kappa shape index (κ2) is 7.52. The normalized spacial score (nSPS) is 19.9. The van der Waals surface area contributed by atoms with E-state index in [1.807, 2.05) is 6.07 Å². The molecule has 1 aliphatic heterocycles. The first-order valence-corrected chi connectivity index (χ1v) is 7.77. The third-order valence-electron chi connectivity index (χ3n) is 4.02. The summed E-state index contributed by atoms with van der Waals surface area (Å²) in [6, 6.07) is 8.03. The maximum atomic E-state index is 10.9. The van der Waals surface area contributed by atoms with E-state index in [0.717, 1.165) is 25.2 Å². The molecule has 0 aromatic heterocycles. The quantitative estimate of drug-likeness (QED) is 0.646. The first kappa shape index (κ1) is 15.9. The van der Waals surface area contributed by atoms with Gasteiger partial charge in [0.25, 0.3) is 5.69 Å². The van der Waals surface area contributed by atoms with Crippen molar-refractivity contribution in [2.75, 3.05) is 13.1 Å². The van der Waals surface area contributed by atoms with Crippen molar-refractivity contribution >= 4 is 5.69 Å². The molecule has 0 amide bonds. The van der Waals surface area contributed by atoms with E-state index in [4.69, 9.17) is 0 Å². The monoisotopic (exact) mass is 291 g/mol. The number of hydrogen-bond donors (Lipinski definition) is 1. The lowest BCUT2D eigenvalue weighted by Gasteiger charge is -2.36. The minimum atomic E-state index is -0.322. The summed E-state index contributed by atoms with van der Waals surface area (Å²) >= 11 is 0. The van der Waals surface area contributed by atoms with Gasteiger partial charge >= 0.3 is 0 Å². The van der Waals surface area contributed by atoms with Crippen LogP contribution in [0, 0.1) is 10.1 Å². The van der Waals surface area contributed by atoms with E-state index in [1.54, 1.807) is 18.2 Å². The number of piperidine rings is 1. The van der Waals surface area contributed by atoms with Crippen molar-refractivity contribution in [2.24, 2.45) is 0 Å². The van der Waals surface area contributed by atoms with E-state index in [2.05, 4.69) is 24.1 Å². The van der Waals surface area contributed by atoms with Gasteiger partial charge in [0.15, 0.2) is 0 Å². The Hall–Kier alpha value is -1.46. The van der Waals surface area contributed by atoms with Crippen LogP contribution in [0.1, 0.15) is 38.7 Å². The zero-order valence-corrected chi connectivity index (χ0v) is 12.9. The van der Waals surface area contributed by atoms with Gasteiger partial charge in [0.1, 0.15) is 0 Å². The van der Waals surface area contributed by atoms with Crippen LogP contribution in [0.3, 0.4) is 0 Å². The molecule has 21 heavy (non-hydrogen) atoms. The number of rotatable bonds is 6. The average molecular weight is 291 g/mol. The molecule has 0 bridgehead atoms. The highest BCUT2D eigenvalue weighted by Gasteiger charge is 2.22. The van der Waals surface area contributed by atoms with Crippen LogP contribution in [0.25, 0.3) is 0 Å². The van der Waals surface area contributed by atoms with Crippen LogP contribution in [0.2, 0.25) is 0 Å². The number of hydrogen-bond acceptors (Lipinski definition) is 4. The molecule has 1 aromatic carbocycles. The molecule has 116 valence electrons. The number of nitro benzene ring substituents is 1. The Morgan fingerprint density at radius 2 is 2.24 bits per heavy atom. The van der Waals surface area contributed by atoms with Crippen molar-refractivity contribution in [3.8, 4) is 0 Å². The lowest BCUT2D eigenvalue weighted by Crippen LogP contribution is -2.46. The SMILES string of the molecule is CC(C)NCC1CCCCN1Cc1cccc([N+](=O)[O-])c1. The molecular formula is C16H25N3O2. The van der Waals surface area contributed by atoms with Crippen molar-refractivity contribution in [2.45, 2.75) is 51.7 Å². The minimum absolute atomic E-state index is 0.182. The number of nitrogens with zero attached hydrogens (tertiary/aromatic N) is 2. The van der Waals surface area contributed by atoms with Gasteiger partial charge in [-0.25, -0.2) is 0 Å². The molecule has 2 rings (SSSR count). The molecule has 5 heteroatoms. The van der Waals surface area contributed by atoms with E-state index in [9.17, 15) is 10.1 Å². The van der Waals surface area contributed by atoms with E-state index in [0.29, 0.717) is 12.1 Å². The number of nitro groups is 1. The Morgan fingerprint density at radius 1 is 1.43 bits per heavy atom. The summed E-state index contributed by atoms with van der Waals surface area (Å²) < 4.78 is 0. The summed E-state index contributed by atoms with van der Waals surface area (Å²) in [6.07, 6.45) is 3.69. The van der Waals surface area contributed by atoms with Crippen molar-refractivity contribution in [3.05, 3.63) is 39.9 Å². The summed E-state index contributed by atoms with van der Waals surface area (Å²) in [5.41, 5.74) is 1.21. The number of likely N-dealkylation sites (tertiary alicyclic amines) is 1. The van der Waals surface area contributed by atoms with Crippen LogP contribution >= 0.6 is 0 Å². The Morgan fingerprint density at radius 3 is 2.95 bits per heavy atom. The highest BCUT2D eigenvalue weighted by atomic mass is 16.6. The van der Waals surface area contributed by atoms with E-state index in [1.165, 1.54) is 19.3 Å². The van der Waals surface area contributed by atoms with Crippen LogP contribution in [-0.2, 0) is 6.54 Å². The largest absolute Gasteiger partial charge is 0.313 e. The third kappa shape index (κ3) is 4.79. The van der Waals surface area contributed by atoms with Gasteiger partial charge in [-0.15, -0.1) is 0 Å². The predicted molar refractivity (Wildman–Crippen MR) is 84.3 cm³/mol. The standard InChI is InChI=1S/C16H25N3O2/c1-13(2)17-11-16-7-3-4-9-18(16)12-14-6-5-8-15(10-14)19(20)21/h5-6,8,10,13,16-17H,3-4,7,9,11-12H2,1-2H3. The summed E-state index contributed by atoms with van der Waals surface area (Å²) in [5.74, 6) is 0. The fourth-order valence-corrected chi connectivity index (χ4v) is 2.87. The molecule has 0 spiro atoms.